The molecule has 0 radical (unpaired) electrons. The van der Waals surface area contributed by atoms with Crippen LogP contribution in [-0.2, 0) is 0 Å². The molecule has 0 amide bonds. The second-order valence-corrected chi connectivity index (χ2v) is 3.62. The van der Waals surface area contributed by atoms with Gasteiger partial charge in [0.2, 0.25) is 0 Å². The molecule has 17 heavy (non-hydrogen) atoms. The lowest BCUT2D eigenvalue weighted by Gasteiger charge is -1.93. The minimum Gasteiger partial charge on any atom is -1.00 e. The molecule has 92 valence electrons. The molecule has 2 N–H and O–H groups in total. The first-order valence-corrected chi connectivity index (χ1v) is 4.88. The number of rotatable bonds is 0. The maximum absolute atomic E-state index is 2.29. The van der Waals surface area contributed by atoms with Crippen molar-refractivity contribution in [1.29, 1.82) is 0 Å². The van der Waals surface area contributed by atoms with Crippen molar-refractivity contribution in [2.45, 2.75) is 13.1 Å². The maximum atomic E-state index is 2.29. The average Bonchev–Trinajstić information content (AvgIpc) is 2.55. The van der Waals surface area contributed by atoms with Crippen LogP contribution in [0.25, 0.3) is 11.4 Å². The summed E-state index contributed by atoms with van der Waals surface area (Å²) in [6.45, 7) is 2.21. The molecule has 5 heteroatoms. The zero-order valence-corrected chi connectivity index (χ0v) is 12.5. The van der Waals surface area contributed by atoms with E-state index in [-0.39, 0.29) is 39.4 Å². The molecular formula is C12H14Br2N2O. The van der Waals surface area contributed by atoms with Crippen molar-refractivity contribution in [2.75, 3.05) is 0 Å². The minimum absolute atomic E-state index is 0. The number of hydrogen-bond acceptors (Lipinski definition) is 0. The third-order valence-corrected chi connectivity index (χ3v) is 2.85. The Morgan fingerprint density at radius 1 is 0.824 bits per heavy atom. The van der Waals surface area contributed by atoms with Crippen LogP contribution in [-0.4, -0.2) is 5.48 Å². The highest BCUT2D eigenvalue weighted by Crippen LogP contribution is 2.17. The molecule has 0 fully saturated rings. The first kappa shape index (κ1) is 16.2. The number of nitrogens with zero attached hydrogens (tertiary/aromatic N) is 2. The van der Waals surface area contributed by atoms with E-state index in [2.05, 4.69) is 64.8 Å². The molecule has 0 bridgehead atoms. The lowest BCUT2D eigenvalue weighted by molar-refractivity contribution is -0.906. The predicted molar refractivity (Wildman–Crippen MR) is 56.0 cm³/mol. The molecule has 1 aliphatic rings. The van der Waals surface area contributed by atoms with Crippen molar-refractivity contribution in [3.63, 3.8) is 0 Å². The fourth-order valence-corrected chi connectivity index (χ4v) is 2.13. The fourth-order valence-electron chi connectivity index (χ4n) is 2.13. The minimum atomic E-state index is 0. The topological polar surface area (TPSA) is 39.3 Å². The molecule has 0 atom stereocenters. The van der Waals surface area contributed by atoms with Gasteiger partial charge in [0.15, 0.2) is 12.4 Å². The molecular weight excluding hydrogens is 348 g/mol. The van der Waals surface area contributed by atoms with Gasteiger partial charge in [0.1, 0.15) is 0 Å². The molecule has 0 saturated heterocycles. The highest BCUT2D eigenvalue weighted by atomic mass is 79.9. The third-order valence-electron chi connectivity index (χ3n) is 2.85. The average molecular weight is 362 g/mol. The fraction of sp³-hybridized carbons (Fsp3) is 0.167. The summed E-state index contributed by atoms with van der Waals surface area (Å²) in [5, 5.41) is 0. The summed E-state index contributed by atoms with van der Waals surface area (Å²) in [6.07, 6.45) is 4.66. The van der Waals surface area contributed by atoms with Crippen molar-refractivity contribution in [3.05, 3.63) is 48.8 Å². The van der Waals surface area contributed by atoms with Crippen molar-refractivity contribution in [1.82, 2.24) is 0 Å². The third kappa shape index (κ3) is 2.41. The zero-order valence-electron chi connectivity index (χ0n) is 9.35. The van der Waals surface area contributed by atoms with Gasteiger partial charge in [0.25, 0.3) is 11.4 Å². The Morgan fingerprint density at radius 3 is 1.65 bits per heavy atom. The molecule has 0 saturated carbocycles. The predicted octanol–water partition coefficient (Wildman–Crippen LogP) is -5.51. The molecule has 2 aromatic rings. The second kappa shape index (κ2) is 6.23. The lowest BCUT2D eigenvalue weighted by Crippen LogP contribution is -3.00. The largest absolute Gasteiger partial charge is 1.00 e. The van der Waals surface area contributed by atoms with Crippen molar-refractivity contribution in [2.24, 2.45) is 0 Å². The quantitative estimate of drug-likeness (QED) is 0.420. The smallest absolute Gasteiger partial charge is 0.350 e. The standard InChI is InChI=1S/C12H12N2.2BrH.H2O/c1-10-13-8-4-2-6-11(13)12-7-3-5-9-14(10)12;;;/h2-10H,1H3;2*1H;1H2/q+2;;;/p-2. The monoisotopic (exact) mass is 360 g/mol. The highest BCUT2D eigenvalue weighted by molar-refractivity contribution is 5.46. The van der Waals surface area contributed by atoms with Gasteiger partial charge in [-0.2, -0.15) is 0 Å². The van der Waals surface area contributed by atoms with E-state index < -0.39 is 0 Å². The highest BCUT2D eigenvalue weighted by Gasteiger charge is 2.39. The van der Waals surface area contributed by atoms with Gasteiger partial charge in [-0.05, 0) is 12.1 Å². The maximum Gasteiger partial charge on any atom is 0.350 e. The van der Waals surface area contributed by atoms with E-state index in [1.54, 1.807) is 0 Å². The van der Waals surface area contributed by atoms with Crippen molar-refractivity contribution in [3.8, 4) is 11.4 Å². The van der Waals surface area contributed by atoms with E-state index in [0.717, 1.165) is 0 Å². The zero-order chi connectivity index (χ0) is 9.54. The first-order valence-electron chi connectivity index (χ1n) is 4.88. The van der Waals surface area contributed by atoms with E-state index in [4.69, 9.17) is 0 Å². The Morgan fingerprint density at radius 2 is 1.24 bits per heavy atom. The summed E-state index contributed by atoms with van der Waals surface area (Å²) in [7, 11) is 0. The number of halogens is 2. The summed E-state index contributed by atoms with van der Waals surface area (Å²) in [5.74, 6) is 0. The Kier molecular flexibility index (Phi) is 5.95. The second-order valence-electron chi connectivity index (χ2n) is 3.62. The van der Waals surface area contributed by atoms with Crippen LogP contribution in [0.1, 0.15) is 13.1 Å². The van der Waals surface area contributed by atoms with E-state index in [1.807, 2.05) is 0 Å². The Hall–Kier alpha value is -0.780. The van der Waals surface area contributed by atoms with E-state index in [0.29, 0.717) is 6.17 Å². The van der Waals surface area contributed by atoms with Gasteiger partial charge in [-0.3, -0.25) is 0 Å². The Labute approximate surface area is 122 Å². The number of pyridine rings is 2. The van der Waals surface area contributed by atoms with E-state index >= 15 is 0 Å². The van der Waals surface area contributed by atoms with E-state index in [9.17, 15) is 0 Å². The first-order chi connectivity index (χ1) is 6.88. The Bertz CT molecular complexity index is 460. The van der Waals surface area contributed by atoms with Gasteiger partial charge < -0.3 is 39.4 Å². The van der Waals surface area contributed by atoms with Crippen LogP contribution in [0.15, 0.2) is 48.8 Å². The molecule has 0 unspecified atom stereocenters. The van der Waals surface area contributed by atoms with Crippen LogP contribution in [0.2, 0.25) is 0 Å². The van der Waals surface area contributed by atoms with Gasteiger partial charge in [-0.1, -0.05) is 0 Å². The molecule has 1 aliphatic heterocycles. The van der Waals surface area contributed by atoms with Gasteiger partial charge in [0, 0.05) is 24.3 Å². The summed E-state index contributed by atoms with van der Waals surface area (Å²) in [5.41, 5.74) is 2.58. The summed E-state index contributed by atoms with van der Waals surface area (Å²) >= 11 is 0. The van der Waals surface area contributed by atoms with Gasteiger partial charge in [-0.15, -0.1) is 9.13 Å². The van der Waals surface area contributed by atoms with Gasteiger partial charge >= 0.3 is 6.17 Å². The number of fused-ring (bicyclic) bond motifs is 3. The molecule has 3 nitrogen and oxygen atoms in total. The molecule has 0 spiro atoms. The summed E-state index contributed by atoms with van der Waals surface area (Å²) in [6, 6.07) is 12.6. The van der Waals surface area contributed by atoms with Gasteiger partial charge in [-0.25, -0.2) is 0 Å². The SMILES string of the molecule is CC1[n+]2ccccc2-c2cccc[n+]21.O.[Br-].[Br-]. The summed E-state index contributed by atoms with van der Waals surface area (Å²) in [4.78, 5) is 0. The number of aromatic nitrogens is 2. The van der Waals surface area contributed by atoms with Crippen molar-refractivity contribution < 1.29 is 48.6 Å². The normalized spacial score (nSPS) is 11.4. The van der Waals surface area contributed by atoms with Crippen LogP contribution >= 0.6 is 0 Å². The summed E-state index contributed by atoms with van der Waals surface area (Å²) < 4.78 is 4.57. The van der Waals surface area contributed by atoms with Gasteiger partial charge in [0.05, 0.1) is 6.92 Å². The van der Waals surface area contributed by atoms with Crippen LogP contribution in [0, 0.1) is 0 Å². The molecule has 0 aromatic carbocycles. The van der Waals surface area contributed by atoms with Crippen LogP contribution in [0.3, 0.4) is 0 Å². The molecule has 2 aromatic heterocycles. The Balaban J connectivity index is 0.000000853. The van der Waals surface area contributed by atoms with Crippen LogP contribution < -0.4 is 43.1 Å². The molecule has 3 rings (SSSR count). The van der Waals surface area contributed by atoms with Crippen molar-refractivity contribution >= 4 is 0 Å². The molecule has 0 aliphatic carbocycles. The van der Waals surface area contributed by atoms with E-state index in [1.165, 1.54) is 11.4 Å². The number of hydrogen-bond donors (Lipinski definition) is 0. The molecule has 3 heterocycles. The van der Waals surface area contributed by atoms with Crippen LogP contribution in [0.4, 0.5) is 0 Å². The van der Waals surface area contributed by atoms with Crippen LogP contribution in [0.5, 0.6) is 0 Å². The lowest BCUT2D eigenvalue weighted by atomic mass is 10.2.